The maximum atomic E-state index is 5.89. The van der Waals surface area contributed by atoms with Crippen molar-refractivity contribution in [2.24, 2.45) is 0 Å². The molecule has 152 valence electrons. The lowest BCUT2D eigenvalue weighted by atomic mass is 10.1. The minimum Gasteiger partial charge on any atom is -0.497 e. The van der Waals surface area contributed by atoms with Crippen molar-refractivity contribution in [1.82, 2.24) is 14.8 Å². The van der Waals surface area contributed by atoms with E-state index in [9.17, 15) is 0 Å². The first-order valence-corrected chi connectivity index (χ1v) is 11.2. The molecule has 1 aliphatic heterocycles. The first-order chi connectivity index (χ1) is 14.3. The lowest BCUT2D eigenvalue weighted by Gasteiger charge is -2.15. The van der Waals surface area contributed by atoms with Crippen LogP contribution in [0, 0.1) is 0 Å². The van der Waals surface area contributed by atoms with E-state index in [1.165, 1.54) is 5.56 Å². The number of aromatic nitrogens is 3. The van der Waals surface area contributed by atoms with Gasteiger partial charge in [0.05, 0.1) is 19.8 Å². The number of hydrogen-bond acceptors (Lipinski definition) is 5. The zero-order chi connectivity index (χ0) is 19.9. The molecular formula is C23H27N3O2S. The molecule has 2 heterocycles. The Balaban J connectivity index is 1.47. The van der Waals surface area contributed by atoms with Crippen molar-refractivity contribution in [3.05, 3.63) is 60.2 Å². The summed E-state index contributed by atoms with van der Waals surface area (Å²) >= 11 is 1.78. The highest BCUT2D eigenvalue weighted by Gasteiger charge is 2.21. The number of rotatable bonds is 9. The van der Waals surface area contributed by atoms with Crippen molar-refractivity contribution in [2.45, 2.75) is 43.5 Å². The predicted octanol–water partition coefficient (Wildman–Crippen LogP) is 4.86. The Labute approximate surface area is 176 Å². The van der Waals surface area contributed by atoms with Gasteiger partial charge in [-0.2, -0.15) is 0 Å². The molecule has 0 aliphatic carbocycles. The monoisotopic (exact) mass is 409 g/mol. The first-order valence-electron chi connectivity index (χ1n) is 10.2. The zero-order valence-electron chi connectivity index (χ0n) is 16.8. The summed E-state index contributed by atoms with van der Waals surface area (Å²) in [6.45, 7) is 1.65. The Hall–Kier alpha value is -2.31. The fourth-order valence-electron chi connectivity index (χ4n) is 3.59. The van der Waals surface area contributed by atoms with E-state index in [1.54, 1.807) is 18.9 Å². The minimum absolute atomic E-state index is 0.242. The van der Waals surface area contributed by atoms with E-state index in [4.69, 9.17) is 9.47 Å². The molecule has 0 bridgehead atoms. The Morgan fingerprint density at radius 2 is 1.93 bits per heavy atom. The summed E-state index contributed by atoms with van der Waals surface area (Å²) in [6, 6.07) is 18.6. The van der Waals surface area contributed by atoms with Crippen molar-refractivity contribution in [2.75, 3.05) is 19.5 Å². The summed E-state index contributed by atoms with van der Waals surface area (Å²) in [5, 5.41) is 10.00. The summed E-state index contributed by atoms with van der Waals surface area (Å²) in [4.78, 5) is 0. The fourth-order valence-corrected chi connectivity index (χ4v) is 4.48. The van der Waals surface area contributed by atoms with E-state index in [2.05, 4.69) is 45.1 Å². The number of nitrogens with zero attached hydrogens (tertiary/aromatic N) is 3. The molecule has 4 rings (SSSR count). The van der Waals surface area contributed by atoms with Crippen molar-refractivity contribution in [3.8, 4) is 17.1 Å². The van der Waals surface area contributed by atoms with E-state index in [-0.39, 0.29) is 6.10 Å². The third-order valence-corrected chi connectivity index (χ3v) is 6.21. The highest BCUT2D eigenvalue weighted by Crippen LogP contribution is 2.28. The molecule has 0 saturated carbocycles. The summed E-state index contributed by atoms with van der Waals surface area (Å²) < 4.78 is 13.4. The van der Waals surface area contributed by atoms with Crippen LogP contribution in [0.5, 0.6) is 5.75 Å². The topological polar surface area (TPSA) is 49.2 Å². The Morgan fingerprint density at radius 1 is 1.10 bits per heavy atom. The van der Waals surface area contributed by atoms with Gasteiger partial charge in [0.2, 0.25) is 0 Å². The van der Waals surface area contributed by atoms with Gasteiger partial charge in [0.15, 0.2) is 11.0 Å². The van der Waals surface area contributed by atoms with Gasteiger partial charge in [-0.25, -0.2) is 0 Å². The van der Waals surface area contributed by atoms with E-state index in [1.807, 2.05) is 24.3 Å². The summed E-state index contributed by atoms with van der Waals surface area (Å²) in [6.07, 6.45) is 4.66. The maximum absolute atomic E-state index is 5.89. The number of benzene rings is 2. The van der Waals surface area contributed by atoms with Crippen LogP contribution in [-0.2, 0) is 17.7 Å². The third-order valence-electron chi connectivity index (χ3n) is 5.16. The van der Waals surface area contributed by atoms with Crippen LogP contribution < -0.4 is 4.74 Å². The lowest BCUT2D eigenvalue weighted by molar-refractivity contribution is 0.0953. The summed E-state index contributed by atoms with van der Waals surface area (Å²) in [7, 11) is 1.68. The van der Waals surface area contributed by atoms with Crippen LogP contribution in [0.2, 0.25) is 0 Å². The molecule has 0 amide bonds. The van der Waals surface area contributed by atoms with Crippen LogP contribution in [0.25, 0.3) is 11.4 Å². The minimum atomic E-state index is 0.242. The lowest BCUT2D eigenvalue weighted by Crippen LogP contribution is -2.16. The highest BCUT2D eigenvalue weighted by atomic mass is 32.2. The molecule has 3 aromatic rings. The van der Waals surface area contributed by atoms with Crippen LogP contribution in [0.4, 0.5) is 0 Å². The smallest absolute Gasteiger partial charge is 0.191 e. The number of ether oxygens (including phenoxy) is 2. The molecule has 6 heteroatoms. The molecular weight excluding hydrogens is 382 g/mol. The first kappa shape index (κ1) is 20.0. The quantitative estimate of drug-likeness (QED) is 0.373. The van der Waals surface area contributed by atoms with E-state index >= 15 is 0 Å². The summed E-state index contributed by atoms with van der Waals surface area (Å²) in [5.41, 5.74) is 2.43. The maximum Gasteiger partial charge on any atom is 0.191 e. The SMILES string of the molecule is COc1ccc(-c2nnc(SCCCc3ccccc3)n2CC2CCCO2)cc1. The summed E-state index contributed by atoms with van der Waals surface area (Å²) in [5.74, 6) is 2.75. The Kier molecular flexibility index (Phi) is 6.85. The average Bonchev–Trinajstić information content (AvgIpc) is 3.43. The second kappa shape index (κ2) is 9.94. The molecule has 1 saturated heterocycles. The van der Waals surface area contributed by atoms with Crippen LogP contribution in [-0.4, -0.2) is 40.3 Å². The molecule has 1 fully saturated rings. The van der Waals surface area contributed by atoms with Crippen LogP contribution in [0.15, 0.2) is 59.8 Å². The van der Waals surface area contributed by atoms with Gasteiger partial charge in [0.1, 0.15) is 5.75 Å². The molecule has 1 aliphatic rings. The van der Waals surface area contributed by atoms with Crippen molar-refractivity contribution >= 4 is 11.8 Å². The fraction of sp³-hybridized carbons (Fsp3) is 0.391. The van der Waals surface area contributed by atoms with Crippen molar-refractivity contribution in [3.63, 3.8) is 0 Å². The largest absolute Gasteiger partial charge is 0.497 e. The molecule has 0 spiro atoms. The Morgan fingerprint density at radius 3 is 2.66 bits per heavy atom. The molecule has 1 aromatic heterocycles. The van der Waals surface area contributed by atoms with Crippen LogP contribution in [0.1, 0.15) is 24.8 Å². The van der Waals surface area contributed by atoms with E-state index in [0.717, 1.165) is 66.9 Å². The number of thioether (sulfide) groups is 1. The molecule has 1 unspecified atom stereocenters. The molecule has 0 N–H and O–H groups in total. The molecule has 5 nitrogen and oxygen atoms in total. The number of methoxy groups -OCH3 is 1. The molecule has 29 heavy (non-hydrogen) atoms. The normalized spacial score (nSPS) is 16.2. The molecule has 0 radical (unpaired) electrons. The van der Waals surface area contributed by atoms with Gasteiger partial charge in [-0.3, -0.25) is 4.57 Å². The second-order valence-electron chi connectivity index (χ2n) is 7.22. The van der Waals surface area contributed by atoms with Crippen molar-refractivity contribution in [1.29, 1.82) is 0 Å². The van der Waals surface area contributed by atoms with Crippen LogP contribution in [0.3, 0.4) is 0 Å². The van der Waals surface area contributed by atoms with Gasteiger partial charge in [0.25, 0.3) is 0 Å². The Bertz CT molecular complexity index is 890. The standard InChI is InChI=1S/C23H27N3O2S/c1-27-20-13-11-19(12-14-20)22-24-25-23(26(22)17-21-10-5-15-28-21)29-16-6-9-18-7-3-2-4-8-18/h2-4,7-8,11-14,21H,5-6,9-10,15-17H2,1H3. The van der Waals surface area contributed by atoms with Gasteiger partial charge < -0.3 is 9.47 Å². The van der Waals surface area contributed by atoms with Crippen molar-refractivity contribution < 1.29 is 9.47 Å². The molecule has 1 atom stereocenters. The van der Waals surface area contributed by atoms with Gasteiger partial charge >= 0.3 is 0 Å². The third kappa shape index (κ3) is 5.19. The predicted molar refractivity (Wildman–Crippen MR) is 116 cm³/mol. The van der Waals surface area contributed by atoms with E-state index in [0.29, 0.717) is 0 Å². The average molecular weight is 410 g/mol. The number of aryl methyl sites for hydroxylation is 1. The molecule has 2 aromatic carbocycles. The van der Waals surface area contributed by atoms with Gasteiger partial charge in [0, 0.05) is 17.9 Å². The zero-order valence-corrected chi connectivity index (χ0v) is 17.6. The van der Waals surface area contributed by atoms with Gasteiger partial charge in [-0.15, -0.1) is 10.2 Å². The number of hydrogen-bond donors (Lipinski definition) is 0. The van der Waals surface area contributed by atoms with E-state index < -0.39 is 0 Å². The van der Waals surface area contributed by atoms with Gasteiger partial charge in [-0.05, 0) is 55.5 Å². The van der Waals surface area contributed by atoms with Gasteiger partial charge in [-0.1, -0.05) is 42.1 Å². The van der Waals surface area contributed by atoms with Crippen LogP contribution >= 0.6 is 11.8 Å². The highest BCUT2D eigenvalue weighted by molar-refractivity contribution is 7.99. The second-order valence-corrected chi connectivity index (χ2v) is 8.28.